The number of sulfonamides is 1. The average Bonchev–Trinajstić information content (AvgIpc) is 3.22. The third kappa shape index (κ3) is 3.64. The van der Waals surface area contributed by atoms with Gasteiger partial charge in [-0.05, 0) is 44.2 Å². The molecular weight excluding hydrogens is 336 g/mol. The first kappa shape index (κ1) is 17.5. The smallest absolute Gasteiger partial charge is 0.208 e. The van der Waals surface area contributed by atoms with E-state index in [9.17, 15) is 8.42 Å². The van der Waals surface area contributed by atoms with Crippen molar-refractivity contribution in [1.29, 1.82) is 0 Å². The van der Waals surface area contributed by atoms with Gasteiger partial charge in [0.2, 0.25) is 10.0 Å². The lowest BCUT2D eigenvalue weighted by Crippen LogP contribution is -2.56. The second kappa shape index (κ2) is 6.67. The first-order valence-electron chi connectivity index (χ1n) is 9.63. The maximum absolute atomic E-state index is 11.4. The number of hydrogen-bond donors (Lipinski definition) is 1. The van der Waals surface area contributed by atoms with E-state index < -0.39 is 10.0 Å². The lowest BCUT2D eigenvalue weighted by atomic mass is 9.74. The largest absolute Gasteiger partial charge is 0.298 e. The molecule has 3 aliphatic heterocycles. The zero-order chi connectivity index (χ0) is 17.6. The second-order valence-electron chi connectivity index (χ2n) is 8.26. The molecule has 4 fully saturated rings. The Morgan fingerprint density at radius 3 is 2.68 bits per heavy atom. The Morgan fingerprint density at radius 2 is 2.04 bits per heavy atom. The molecule has 3 saturated heterocycles. The fraction of sp³-hybridized carbons (Fsp3) is 0.833. The van der Waals surface area contributed by atoms with Crippen molar-refractivity contribution < 1.29 is 8.42 Å². The quantitative estimate of drug-likeness (QED) is 0.863. The van der Waals surface area contributed by atoms with Gasteiger partial charge in [0.05, 0.1) is 11.9 Å². The van der Waals surface area contributed by atoms with Gasteiger partial charge in [0.25, 0.3) is 0 Å². The number of aryl methyl sites for hydroxylation is 1. The molecule has 4 heterocycles. The van der Waals surface area contributed by atoms with E-state index in [0.29, 0.717) is 30.3 Å². The fourth-order valence-corrected chi connectivity index (χ4v) is 5.70. The van der Waals surface area contributed by atoms with Gasteiger partial charge in [-0.3, -0.25) is 9.58 Å². The number of rotatable bonds is 5. The lowest BCUT2D eigenvalue weighted by Gasteiger charge is -2.49. The van der Waals surface area contributed by atoms with Crippen LogP contribution in [-0.2, 0) is 17.1 Å². The van der Waals surface area contributed by atoms with Crippen LogP contribution in [0.3, 0.4) is 0 Å². The topological polar surface area (TPSA) is 67.2 Å². The summed E-state index contributed by atoms with van der Waals surface area (Å²) >= 11 is 0. The Balaban J connectivity index is 1.47. The van der Waals surface area contributed by atoms with E-state index >= 15 is 0 Å². The number of hydrogen-bond acceptors (Lipinski definition) is 4. The highest BCUT2D eigenvalue weighted by Crippen LogP contribution is 2.43. The van der Waals surface area contributed by atoms with Crippen LogP contribution in [0.25, 0.3) is 0 Å². The van der Waals surface area contributed by atoms with E-state index in [1.54, 1.807) is 0 Å². The minimum atomic E-state index is -3.11. The van der Waals surface area contributed by atoms with Crippen molar-refractivity contribution in [2.75, 3.05) is 25.9 Å². The van der Waals surface area contributed by atoms with Crippen LogP contribution in [0.4, 0.5) is 0 Å². The van der Waals surface area contributed by atoms with Gasteiger partial charge in [-0.25, -0.2) is 13.1 Å². The molecule has 0 radical (unpaired) electrons. The number of nitrogens with one attached hydrogen (secondary N) is 1. The molecule has 4 aliphatic rings. The molecule has 1 aromatic heterocycles. The van der Waals surface area contributed by atoms with Crippen LogP contribution in [0.5, 0.6) is 0 Å². The first-order valence-corrected chi connectivity index (χ1v) is 11.5. The molecule has 5 rings (SSSR count). The molecule has 0 amide bonds. The predicted octanol–water partition coefficient (Wildman–Crippen LogP) is 1.80. The van der Waals surface area contributed by atoms with Gasteiger partial charge in [0.1, 0.15) is 0 Å². The number of nitrogens with zero attached hydrogens (tertiary/aromatic N) is 3. The summed E-state index contributed by atoms with van der Waals surface area (Å²) in [5, 5.41) is 4.85. The molecule has 25 heavy (non-hydrogen) atoms. The molecular formula is C18H30N4O2S. The van der Waals surface area contributed by atoms with Gasteiger partial charge in [-0.1, -0.05) is 12.8 Å². The Hall–Kier alpha value is -0.920. The van der Waals surface area contributed by atoms with E-state index in [1.807, 2.05) is 0 Å². The second-order valence-corrected chi connectivity index (χ2v) is 10.1. The van der Waals surface area contributed by atoms with Crippen LogP contribution in [0.1, 0.15) is 61.7 Å². The summed E-state index contributed by atoms with van der Waals surface area (Å²) < 4.78 is 27.6. The molecule has 7 heteroatoms. The molecule has 1 aliphatic carbocycles. The predicted molar refractivity (Wildman–Crippen MR) is 98.1 cm³/mol. The van der Waals surface area contributed by atoms with Crippen molar-refractivity contribution in [1.82, 2.24) is 19.4 Å². The van der Waals surface area contributed by atoms with Crippen molar-refractivity contribution in [3.8, 4) is 0 Å². The Labute approximate surface area is 151 Å². The lowest BCUT2D eigenvalue weighted by molar-refractivity contribution is 0.0306. The molecule has 1 aromatic rings. The van der Waals surface area contributed by atoms with E-state index in [1.165, 1.54) is 49.7 Å². The molecule has 6 nitrogen and oxygen atoms in total. The van der Waals surface area contributed by atoms with Gasteiger partial charge in [-0.2, -0.15) is 5.10 Å². The minimum absolute atomic E-state index is 0.340. The summed E-state index contributed by atoms with van der Waals surface area (Å²) in [6.45, 7) is 2.66. The van der Waals surface area contributed by atoms with Crippen molar-refractivity contribution in [3.63, 3.8) is 0 Å². The highest BCUT2D eigenvalue weighted by molar-refractivity contribution is 7.88. The van der Waals surface area contributed by atoms with Crippen LogP contribution in [0, 0.1) is 5.92 Å². The summed E-state index contributed by atoms with van der Waals surface area (Å²) in [6.07, 6.45) is 8.79. The maximum atomic E-state index is 11.4. The van der Waals surface area contributed by atoms with E-state index in [2.05, 4.69) is 27.4 Å². The summed E-state index contributed by atoms with van der Waals surface area (Å²) in [4.78, 5) is 2.48. The summed E-state index contributed by atoms with van der Waals surface area (Å²) in [7, 11) is -1.02. The van der Waals surface area contributed by atoms with Gasteiger partial charge < -0.3 is 0 Å². The Morgan fingerprint density at radius 1 is 1.28 bits per heavy atom. The third-order valence-corrected chi connectivity index (χ3v) is 7.24. The molecule has 4 unspecified atom stereocenters. The van der Waals surface area contributed by atoms with Gasteiger partial charge in [0, 0.05) is 43.7 Å². The molecule has 4 atom stereocenters. The van der Waals surface area contributed by atoms with Crippen molar-refractivity contribution >= 4 is 10.0 Å². The fourth-order valence-electron chi connectivity index (χ4n) is 5.21. The van der Waals surface area contributed by atoms with Crippen LogP contribution < -0.4 is 4.72 Å². The van der Waals surface area contributed by atoms with Crippen molar-refractivity contribution in [2.45, 2.75) is 56.4 Å². The highest BCUT2D eigenvalue weighted by Gasteiger charge is 2.42. The highest BCUT2D eigenvalue weighted by atomic mass is 32.2. The molecule has 140 valence electrons. The molecule has 0 aromatic carbocycles. The van der Waals surface area contributed by atoms with Crippen LogP contribution in [-0.4, -0.2) is 55.0 Å². The van der Waals surface area contributed by atoms with Gasteiger partial charge in [0.15, 0.2) is 0 Å². The van der Waals surface area contributed by atoms with Gasteiger partial charge in [-0.15, -0.1) is 0 Å². The maximum Gasteiger partial charge on any atom is 0.208 e. The SMILES string of the molecule is Cn1nc(C2CCCC2)cc1C1CN2CCC1CC2CNS(C)(=O)=O. The Bertz CT molecular complexity index is 723. The summed E-state index contributed by atoms with van der Waals surface area (Å²) in [6, 6.07) is 2.71. The van der Waals surface area contributed by atoms with Crippen molar-refractivity contribution in [2.24, 2.45) is 13.0 Å². The molecule has 1 saturated carbocycles. The van der Waals surface area contributed by atoms with E-state index in [4.69, 9.17) is 5.10 Å². The number of piperidine rings is 3. The zero-order valence-corrected chi connectivity index (χ0v) is 16.1. The normalized spacial score (nSPS) is 33.2. The third-order valence-electron chi connectivity index (χ3n) is 6.55. The molecule has 2 bridgehead atoms. The minimum Gasteiger partial charge on any atom is -0.298 e. The standard InChI is InChI=1S/C18H30N4O2S/c1-21-18(10-17(20-21)13-5-3-4-6-13)16-12-22-8-7-14(16)9-15(22)11-19-25(2,23)24/h10,13-16,19H,3-9,11-12H2,1-2H3. The van der Waals surface area contributed by atoms with E-state index in [-0.39, 0.29) is 0 Å². The van der Waals surface area contributed by atoms with Crippen LogP contribution >= 0.6 is 0 Å². The average molecular weight is 367 g/mol. The summed E-state index contributed by atoms with van der Waals surface area (Å²) in [5.41, 5.74) is 2.67. The van der Waals surface area contributed by atoms with Crippen molar-refractivity contribution in [3.05, 3.63) is 17.5 Å². The first-order chi connectivity index (χ1) is 11.9. The molecule has 0 spiro atoms. The van der Waals surface area contributed by atoms with Gasteiger partial charge >= 0.3 is 0 Å². The zero-order valence-electron chi connectivity index (χ0n) is 15.3. The van der Waals surface area contributed by atoms with Crippen LogP contribution in [0.2, 0.25) is 0 Å². The molecule has 1 N–H and O–H groups in total. The number of fused-ring (bicyclic) bond motifs is 3. The number of aromatic nitrogens is 2. The monoisotopic (exact) mass is 366 g/mol. The summed E-state index contributed by atoms with van der Waals surface area (Å²) in [5.74, 6) is 1.84. The Kier molecular flexibility index (Phi) is 4.67. The van der Waals surface area contributed by atoms with Crippen LogP contribution in [0.15, 0.2) is 6.07 Å². The van der Waals surface area contributed by atoms with E-state index in [0.717, 1.165) is 19.5 Å².